The minimum Gasteiger partial charge on any atom is -0.369 e. The van der Waals surface area contributed by atoms with Gasteiger partial charge >= 0.3 is 0 Å². The van der Waals surface area contributed by atoms with Gasteiger partial charge in [0.1, 0.15) is 17.6 Å². The summed E-state index contributed by atoms with van der Waals surface area (Å²) in [6.07, 6.45) is 4.73. The number of anilines is 1. The zero-order valence-electron chi connectivity index (χ0n) is 12.8. The number of amides is 2. The van der Waals surface area contributed by atoms with Crippen LogP contribution in [-0.4, -0.2) is 40.9 Å². The average Bonchev–Trinajstić information content (AvgIpc) is 2.50. The van der Waals surface area contributed by atoms with Crippen molar-refractivity contribution in [2.75, 3.05) is 18.4 Å². The summed E-state index contributed by atoms with van der Waals surface area (Å²) in [7, 11) is 0. The number of carbonyl (C=O) groups excluding carboxylic acids is 2. The molecule has 0 bridgehead atoms. The van der Waals surface area contributed by atoms with E-state index >= 15 is 0 Å². The molecule has 2 amide bonds. The largest absolute Gasteiger partial charge is 0.369 e. The van der Waals surface area contributed by atoms with Gasteiger partial charge in [-0.1, -0.05) is 13.8 Å². The molecule has 1 rings (SSSR count). The van der Waals surface area contributed by atoms with Crippen molar-refractivity contribution < 1.29 is 9.59 Å². The highest BCUT2D eigenvalue weighted by Gasteiger charge is 2.17. The molecule has 3 N–H and O–H groups in total. The predicted octanol–water partition coefficient (Wildman–Crippen LogP) is 0.943. The van der Waals surface area contributed by atoms with Crippen molar-refractivity contribution in [2.24, 2.45) is 0 Å². The third kappa shape index (κ3) is 5.76. The molecule has 1 aromatic heterocycles. The van der Waals surface area contributed by atoms with E-state index in [1.165, 1.54) is 12.4 Å². The first kappa shape index (κ1) is 16.9. The minimum absolute atomic E-state index is 0.187. The van der Waals surface area contributed by atoms with Gasteiger partial charge in [-0.25, -0.2) is 9.97 Å². The van der Waals surface area contributed by atoms with Gasteiger partial charge in [-0.05, 0) is 19.8 Å². The van der Waals surface area contributed by atoms with Crippen LogP contribution in [-0.2, 0) is 4.79 Å². The normalized spacial score (nSPS) is 11.6. The molecule has 21 heavy (non-hydrogen) atoms. The van der Waals surface area contributed by atoms with Crippen molar-refractivity contribution in [3.63, 3.8) is 0 Å². The van der Waals surface area contributed by atoms with Crippen molar-refractivity contribution in [1.29, 1.82) is 0 Å². The molecule has 7 heteroatoms. The molecule has 0 spiro atoms. The Hall–Kier alpha value is -2.18. The smallest absolute Gasteiger partial charge is 0.272 e. The second-order valence-corrected chi connectivity index (χ2v) is 4.70. The van der Waals surface area contributed by atoms with Crippen LogP contribution in [0.1, 0.15) is 44.1 Å². The van der Waals surface area contributed by atoms with E-state index in [1.807, 2.05) is 13.8 Å². The van der Waals surface area contributed by atoms with Crippen molar-refractivity contribution in [1.82, 2.24) is 20.6 Å². The highest BCUT2D eigenvalue weighted by Crippen LogP contribution is 2.01. The molecule has 0 aliphatic carbocycles. The number of aromatic nitrogens is 2. The number of nitrogens with zero attached hydrogens (tertiary/aromatic N) is 2. The van der Waals surface area contributed by atoms with Crippen molar-refractivity contribution >= 4 is 17.6 Å². The average molecular weight is 293 g/mol. The van der Waals surface area contributed by atoms with E-state index in [9.17, 15) is 9.59 Å². The molecule has 0 aliphatic heterocycles. The van der Waals surface area contributed by atoms with E-state index in [0.717, 1.165) is 19.4 Å². The molecule has 0 radical (unpaired) electrons. The number of hydrogen-bond donors (Lipinski definition) is 3. The zero-order valence-corrected chi connectivity index (χ0v) is 12.8. The van der Waals surface area contributed by atoms with Crippen LogP contribution in [0.5, 0.6) is 0 Å². The first-order valence-corrected chi connectivity index (χ1v) is 7.23. The molecule has 0 saturated heterocycles. The Kier molecular flexibility index (Phi) is 7.14. The third-order valence-electron chi connectivity index (χ3n) is 2.73. The summed E-state index contributed by atoms with van der Waals surface area (Å²) in [5, 5.41) is 8.39. The number of rotatable bonds is 8. The number of carbonyl (C=O) groups is 2. The molecular formula is C14H23N5O2. The van der Waals surface area contributed by atoms with Gasteiger partial charge in [-0.2, -0.15) is 0 Å². The second kappa shape index (κ2) is 8.89. The summed E-state index contributed by atoms with van der Waals surface area (Å²) in [6.45, 7) is 7.04. The van der Waals surface area contributed by atoms with Crippen LogP contribution in [0.25, 0.3) is 0 Å². The van der Waals surface area contributed by atoms with Crippen LogP contribution in [0.3, 0.4) is 0 Å². The molecule has 0 saturated carbocycles. The van der Waals surface area contributed by atoms with E-state index < -0.39 is 11.9 Å². The predicted molar refractivity (Wildman–Crippen MR) is 81.0 cm³/mol. The third-order valence-corrected chi connectivity index (χ3v) is 2.73. The number of hydrogen-bond acceptors (Lipinski definition) is 5. The molecule has 0 aromatic carbocycles. The summed E-state index contributed by atoms with van der Waals surface area (Å²) in [4.78, 5) is 31.8. The molecule has 0 fully saturated rings. The van der Waals surface area contributed by atoms with E-state index in [2.05, 4.69) is 25.9 Å². The maximum atomic E-state index is 11.9. The van der Waals surface area contributed by atoms with Crippen LogP contribution >= 0.6 is 0 Å². The lowest BCUT2D eigenvalue weighted by molar-refractivity contribution is -0.122. The monoisotopic (exact) mass is 293 g/mol. The summed E-state index contributed by atoms with van der Waals surface area (Å²) in [6, 6.07) is -0.608. The summed E-state index contributed by atoms with van der Waals surface area (Å²) >= 11 is 0. The molecular weight excluding hydrogens is 270 g/mol. The van der Waals surface area contributed by atoms with Gasteiger partial charge in [-0.3, -0.25) is 9.59 Å². The molecule has 7 nitrogen and oxygen atoms in total. The summed E-state index contributed by atoms with van der Waals surface area (Å²) in [5.74, 6) is 0.00483. The van der Waals surface area contributed by atoms with Gasteiger partial charge in [0.05, 0.1) is 12.4 Å². The highest BCUT2D eigenvalue weighted by molar-refractivity contribution is 5.95. The molecule has 1 aromatic rings. The first-order valence-electron chi connectivity index (χ1n) is 7.23. The van der Waals surface area contributed by atoms with Gasteiger partial charge in [0.2, 0.25) is 5.91 Å². The van der Waals surface area contributed by atoms with Crippen LogP contribution in [0.4, 0.5) is 5.82 Å². The SMILES string of the molecule is CCCNC(=O)C(C)NC(=O)c1cnc(NCCC)cn1. The standard InChI is InChI=1S/C14H23N5O2/c1-4-6-15-12-9-17-11(8-18-12)14(21)19-10(3)13(20)16-7-5-2/h8-10H,4-7H2,1-3H3,(H,15,18)(H,16,20)(H,19,21). The first-order chi connectivity index (χ1) is 10.1. The number of nitrogens with one attached hydrogen (secondary N) is 3. The van der Waals surface area contributed by atoms with Crippen LogP contribution in [0.2, 0.25) is 0 Å². The van der Waals surface area contributed by atoms with Crippen LogP contribution in [0.15, 0.2) is 12.4 Å². The fourth-order valence-electron chi connectivity index (χ4n) is 1.53. The Morgan fingerprint density at radius 3 is 2.43 bits per heavy atom. The Morgan fingerprint density at radius 1 is 1.14 bits per heavy atom. The van der Waals surface area contributed by atoms with Gasteiger partial charge < -0.3 is 16.0 Å². The lowest BCUT2D eigenvalue weighted by Gasteiger charge is -2.13. The van der Waals surface area contributed by atoms with Gasteiger partial charge in [0, 0.05) is 13.1 Å². The maximum absolute atomic E-state index is 11.9. The zero-order chi connectivity index (χ0) is 15.7. The molecule has 0 aliphatic rings. The van der Waals surface area contributed by atoms with Crippen molar-refractivity contribution in [3.05, 3.63) is 18.1 Å². The van der Waals surface area contributed by atoms with Gasteiger partial charge in [0.25, 0.3) is 5.91 Å². The minimum atomic E-state index is -0.608. The summed E-state index contributed by atoms with van der Waals surface area (Å²) in [5.41, 5.74) is 0.187. The maximum Gasteiger partial charge on any atom is 0.272 e. The molecule has 1 heterocycles. The fraction of sp³-hybridized carbons (Fsp3) is 0.571. The quantitative estimate of drug-likeness (QED) is 0.663. The second-order valence-electron chi connectivity index (χ2n) is 4.70. The van der Waals surface area contributed by atoms with Crippen molar-refractivity contribution in [3.8, 4) is 0 Å². The van der Waals surface area contributed by atoms with Gasteiger partial charge in [-0.15, -0.1) is 0 Å². The fourth-order valence-corrected chi connectivity index (χ4v) is 1.53. The van der Waals surface area contributed by atoms with Crippen LogP contribution < -0.4 is 16.0 Å². The van der Waals surface area contributed by atoms with Crippen LogP contribution in [0, 0.1) is 0 Å². The summed E-state index contributed by atoms with van der Waals surface area (Å²) < 4.78 is 0. The molecule has 1 unspecified atom stereocenters. The van der Waals surface area contributed by atoms with E-state index in [-0.39, 0.29) is 11.6 Å². The Morgan fingerprint density at radius 2 is 1.86 bits per heavy atom. The van der Waals surface area contributed by atoms with Crippen molar-refractivity contribution in [2.45, 2.75) is 39.7 Å². The lowest BCUT2D eigenvalue weighted by Crippen LogP contribution is -2.45. The Labute approximate surface area is 124 Å². The highest BCUT2D eigenvalue weighted by atomic mass is 16.2. The van der Waals surface area contributed by atoms with E-state index in [0.29, 0.717) is 12.4 Å². The lowest BCUT2D eigenvalue weighted by atomic mass is 10.3. The van der Waals surface area contributed by atoms with E-state index in [4.69, 9.17) is 0 Å². The molecule has 116 valence electrons. The van der Waals surface area contributed by atoms with Gasteiger partial charge in [0.15, 0.2) is 0 Å². The Bertz CT molecular complexity index is 461. The van der Waals surface area contributed by atoms with E-state index in [1.54, 1.807) is 6.92 Å². The topological polar surface area (TPSA) is 96.0 Å². The molecule has 1 atom stereocenters. The Balaban J connectivity index is 2.53.